The molecule has 0 atom stereocenters. The zero-order valence-electron chi connectivity index (χ0n) is 15.7. The number of amides is 1. The number of hydrogen-bond donors (Lipinski definition) is 0. The number of likely N-dealkylation sites (N-methyl/N-ethyl adjacent to an activating group) is 1. The van der Waals surface area contributed by atoms with Crippen LogP contribution in [0.25, 0.3) is 0 Å². The summed E-state index contributed by atoms with van der Waals surface area (Å²) in [5.74, 6) is 2.35. The molecule has 6 nitrogen and oxygen atoms in total. The number of aromatic nitrogens is 2. The van der Waals surface area contributed by atoms with Gasteiger partial charge in [0.05, 0.1) is 12.3 Å². The van der Waals surface area contributed by atoms with E-state index in [-0.39, 0.29) is 5.91 Å². The molecule has 7 heteroatoms. The average molecular weight is 385 g/mol. The normalized spacial score (nSPS) is 10.8. The molecule has 3 aromatic rings. The molecule has 3 rings (SSSR count). The van der Waals surface area contributed by atoms with Gasteiger partial charge in [0.25, 0.3) is 5.91 Å². The van der Waals surface area contributed by atoms with Crippen LogP contribution in [0.3, 0.4) is 0 Å². The Morgan fingerprint density at radius 1 is 1.26 bits per heavy atom. The van der Waals surface area contributed by atoms with E-state index in [0.717, 1.165) is 16.7 Å². The first-order valence-electron chi connectivity index (χ1n) is 8.66. The van der Waals surface area contributed by atoms with Crippen LogP contribution in [0.1, 0.15) is 21.9 Å². The van der Waals surface area contributed by atoms with Crippen molar-refractivity contribution >= 4 is 17.7 Å². The summed E-state index contributed by atoms with van der Waals surface area (Å²) >= 11 is 1.57. The number of furan rings is 1. The smallest absolute Gasteiger partial charge is 0.289 e. The van der Waals surface area contributed by atoms with Crippen LogP contribution in [-0.4, -0.2) is 40.6 Å². The molecule has 0 bridgehead atoms. The lowest BCUT2D eigenvalue weighted by Gasteiger charge is -2.16. The minimum Gasteiger partial charge on any atom is -0.492 e. The lowest BCUT2D eigenvalue weighted by molar-refractivity contribution is 0.0741. The van der Waals surface area contributed by atoms with E-state index in [0.29, 0.717) is 24.7 Å². The topological polar surface area (TPSA) is 60.5 Å². The van der Waals surface area contributed by atoms with Crippen molar-refractivity contribution in [2.75, 3.05) is 20.2 Å². The molecule has 0 unspecified atom stereocenters. The molecule has 2 heterocycles. The van der Waals surface area contributed by atoms with Gasteiger partial charge in [-0.25, -0.2) is 4.98 Å². The number of nitrogens with zero attached hydrogens (tertiary/aromatic N) is 3. The largest absolute Gasteiger partial charge is 0.492 e. The highest BCUT2D eigenvalue weighted by molar-refractivity contribution is 7.98. The van der Waals surface area contributed by atoms with Crippen LogP contribution in [0.2, 0.25) is 0 Å². The van der Waals surface area contributed by atoms with Crippen LogP contribution in [0.15, 0.2) is 58.4 Å². The third kappa shape index (κ3) is 5.17. The van der Waals surface area contributed by atoms with Gasteiger partial charge < -0.3 is 18.6 Å². The van der Waals surface area contributed by atoms with E-state index < -0.39 is 0 Å². The maximum atomic E-state index is 12.5. The zero-order valence-corrected chi connectivity index (χ0v) is 16.5. The van der Waals surface area contributed by atoms with Crippen molar-refractivity contribution in [3.05, 3.63) is 65.9 Å². The molecule has 0 aliphatic carbocycles. The Morgan fingerprint density at radius 3 is 2.74 bits per heavy atom. The van der Waals surface area contributed by atoms with Gasteiger partial charge in [0, 0.05) is 26.5 Å². The SMILES string of the molecule is Cc1ccc(OCCN(C)C(=O)c2ccc(CSc3nccn3C)o2)cc1. The van der Waals surface area contributed by atoms with Crippen molar-refractivity contribution < 1.29 is 13.9 Å². The number of carbonyl (C=O) groups is 1. The molecule has 0 saturated carbocycles. The molecule has 0 saturated heterocycles. The van der Waals surface area contributed by atoms with Crippen LogP contribution in [-0.2, 0) is 12.8 Å². The maximum absolute atomic E-state index is 12.5. The highest BCUT2D eigenvalue weighted by Gasteiger charge is 2.16. The minimum absolute atomic E-state index is 0.157. The van der Waals surface area contributed by atoms with Gasteiger partial charge in [0.1, 0.15) is 18.1 Å². The summed E-state index contributed by atoms with van der Waals surface area (Å²) in [7, 11) is 3.69. The molecule has 0 radical (unpaired) electrons. The van der Waals surface area contributed by atoms with Gasteiger partial charge in [0.2, 0.25) is 0 Å². The van der Waals surface area contributed by atoms with E-state index in [1.165, 1.54) is 5.56 Å². The highest BCUT2D eigenvalue weighted by Crippen LogP contribution is 2.22. The Kier molecular flexibility index (Phi) is 6.24. The van der Waals surface area contributed by atoms with E-state index in [2.05, 4.69) is 4.98 Å². The van der Waals surface area contributed by atoms with Gasteiger partial charge in [-0.1, -0.05) is 29.5 Å². The summed E-state index contributed by atoms with van der Waals surface area (Å²) < 4.78 is 13.3. The third-order valence-electron chi connectivity index (χ3n) is 4.06. The molecule has 0 N–H and O–H groups in total. The first kappa shape index (κ1) is 19.1. The van der Waals surface area contributed by atoms with Crippen molar-refractivity contribution in [3.63, 3.8) is 0 Å². The van der Waals surface area contributed by atoms with Gasteiger partial charge in [-0.05, 0) is 31.2 Å². The highest BCUT2D eigenvalue weighted by atomic mass is 32.2. The van der Waals surface area contributed by atoms with Crippen molar-refractivity contribution in [2.45, 2.75) is 17.8 Å². The van der Waals surface area contributed by atoms with Gasteiger partial charge in [-0.2, -0.15) is 0 Å². The fraction of sp³-hybridized carbons (Fsp3) is 0.300. The Bertz CT molecular complexity index is 886. The fourth-order valence-corrected chi connectivity index (χ4v) is 3.25. The predicted octanol–water partition coefficient (Wildman–Crippen LogP) is 3.76. The summed E-state index contributed by atoms with van der Waals surface area (Å²) in [5, 5.41) is 0.907. The summed E-state index contributed by atoms with van der Waals surface area (Å²) in [6.07, 6.45) is 3.65. The lowest BCUT2D eigenvalue weighted by atomic mass is 10.2. The van der Waals surface area contributed by atoms with Gasteiger partial charge in [0.15, 0.2) is 10.9 Å². The Morgan fingerprint density at radius 2 is 2.04 bits per heavy atom. The second-order valence-corrected chi connectivity index (χ2v) is 7.21. The first-order valence-corrected chi connectivity index (χ1v) is 9.65. The second-order valence-electron chi connectivity index (χ2n) is 6.26. The van der Waals surface area contributed by atoms with Crippen LogP contribution < -0.4 is 4.74 Å². The fourth-order valence-electron chi connectivity index (χ4n) is 2.42. The van der Waals surface area contributed by atoms with Gasteiger partial charge in [-0.15, -0.1) is 0 Å². The Labute approximate surface area is 163 Å². The van der Waals surface area contributed by atoms with E-state index in [1.807, 2.05) is 55.1 Å². The standard InChI is InChI=1S/C20H23N3O3S/c1-15-4-6-16(7-5-15)25-13-12-22(2)19(24)18-9-8-17(26-18)14-27-20-21-10-11-23(20)3/h4-11H,12-14H2,1-3H3. The molecule has 2 aromatic heterocycles. The number of benzene rings is 1. The molecular weight excluding hydrogens is 362 g/mol. The molecule has 1 amide bonds. The van der Waals surface area contributed by atoms with Crippen LogP contribution in [0, 0.1) is 6.92 Å². The molecule has 0 fully saturated rings. The minimum atomic E-state index is -0.157. The number of thioether (sulfide) groups is 1. The molecule has 0 aliphatic heterocycles. The predicted molar refractivity (Wildman–Crippen MR) is 105 cm³/mol. The Hall–Kier alpha value is -2.67. The van der Waals surface area contributed by atoms with E-state index >= 15 is 0 Å². The summed E-state index contributed by atoms with van der Waals surface area (Å²) in [4.78, 5) is 18.3. The lowest BCUT2D eigenvalue weighted by Crippen LogP contribution is -2.30. The summed E-state index contributed by atoms with van der Waals surface area (Å²) in [5.41, 5.74) is 1.18. The summed E-state index contributed by atoms with van der Waals surface area (Å²) in [6.45, 7) is 2.93. The number of ether oxygens (including phenoxy) is 1. The molecule has 0 spiro atoms. The number of rotatable bonds is 8. The number of carbonyl (C=O) groups excluding carboxylic acids is 1. The summed E-state index contributed by atoms with van der Waals surface area (Å²) in [6, 6.07) is 11.4. The van der Waals surface area contributed by atoms with Crippen molar-refractivity contribution in [1.29, 1.82) is 0 Å². The van der Waals surface area contributed by atoms with Crippen molar-refractivity contribution in [1.82, 2.24) is 14.5 Å². The molecular formula is C20H23N3O3S. The van der Waals surface area contributed by atoms with Gasteiger partial charge >= 0.3 is 0 Å². The van der Waals surface area contributed by atoms with E-state index in [4.69, 9.17) is 9.15 Å². The maximum Gasteiger partial charge on any atom is 0.289 e. The average Bonchev–Trinajstić information content (AvgIpc) is 3.30. The third-order valence-corrected chi connectivity index (χ3v) is 5.14. The second kappa shape index (κ2) is 8.81. The van der Waals surface area contributed by atoms with Crippen LogP contribution in [0.5, 0.6) is 5.75 Å². The zero-order chi connectivity index (χ0) is 19.2. The number of imidazole rings is 1. The molecule has 27 heavy (non-hydrogen) atoms. The quantitative estimate of drug-likeness (QED) is 0.553. The number of aryl methyl sites for hydroxylation is 2. The van der Waals surface area contributed by atoms with Crippen molar-refractivity contribution in [3.8, 4) is 5.75 Å². The Balaban J connectivity index is 1.47. The van der Waals surface area contributed by atoms with Crippen LogP contribution in [0.4, 0.5) is 0 Å². The van der Waals surface area contributed by atoms with Gasteiger partial charge in [-0.3, -0.25) is 4.79 Å². The molecule has 142 valence electrons. The molecule has 0 aliphatic rings. The molecule has 1 aromatic carbocycles. The monoisotopic (exact) mass is 385 g/mol. The van der Waals surface area contributed by atoms with Crippen molar-refractivity contribution in [2.24, 2.45) is 7.05 Å². The first-order chi connectivity index (χ1) is 13.0. The van der Waals surface area contributed by atoms with E-state index in [1.54, 1.807) is 36.0 Å². The number of hydrogen-bond acceptors (Lipinski definition) is 5. The van der Waals surface area contributed by atoms with Crippen LogP contribution >= 0.6 is 11.8 Å². The van der Waals surface area contributed by atoms with E-state index in [9.17, 15) is 4.79 Å².